The van der Waals surface area contributed by atoms with Crippen LogP contribution < -0.4 is 5.32 Å². The van der Waals surface area contributed by atoms with Crippen LogP contribution in [0.25, 0.3) is 0 Å². The van der Waals surface area contributed by atoms with Crippen LogP contribution in [0.1, 0.15) is 32.2 Å². The first-order chi connectivity index (χ1) is 9.68. The second-order valence-electron chi connectivity index (χ2n) is 5.81. The van der Waals surface area contributed by atoms with E-state index >= 15 is 0 Å². The van der Waals surface area contributed by atoms with E-state index in [4.69, 9.17) is 11.6 Å². The molecular weight excluding hydrogens is 296 g/mol. The molecule has 0 radical (unpaired) electrons. The van der Waals surface area contributed by atoms with Gasteiger partial charge in [0.05, 0.1) is 5.69 Å². The number of hydrogen-bond acceptors (Lipinski definition) is 3. The predicted octanol–water partition coefficient (Wildman–Crippen LogP) is 4.76. The van der Waals surface area contributed by atoms with Crippen LogP contribution in [0.5, 0.6) is 0 Å². The minimum atomic E-state index is -0.567. The van der Waals surface area contributed by atoms with E-state index in [1.165, 1.54) is 0 Å². The minimum Gasteiger partial charge on any atom is -0.337 e. The summed E-state index contributed by atoms with van der Waals surface area (Å²) in [7, 11) is 0. The zero-order chi connectivity index (χ0) is 15.8. The van der Waals surface area contributed by atoms with Crippen LogP contribution >= 0.6 is 11.6 Å². The van der Waals surface area contributed by atoms with Gasteiger partial charge in [-0.25, -0.2) is 18.7 Å². The van der Waals surface area contributed by atoms with Gasteiger partial charge in [0.15, 0.2) is 0 Å². The van der Waals surface area contributed by atoms with E-state index in [0.717, 1.165) is 18.2 Å². The third-order valence-corrected chi connectivity index (χ3v) is 3.31. The molecule has 0 atom stereocenters. The summed E-state index contributed by atoms with van der Waals surface area (Å²) >= 11 is 6.10. The van der Waals surface area contributed by atoms with Crippen LogP contribution in [-0.2, 0) is 5.41 Å². The monoisotopic (exact) mass is 311 g/mol. The lowest BCUT2D eigenvalue weighted by Crippen LogP contribution is -2.17. The molecule has 6 heteroatoms. The third kappa shape index (κ3) is 3.47. The Kier molecular flexibility index (Phi) is 4.14. The molecule has 0 bridgehead atoms. The highest BCUT2D eigenvalue weighted by Crippen LogP contribution is 2.29. The summed E-state index contributed by atoms with van der Waals surface area (Å²) in [4.78, 5) is 8.61. The molecule has 0 saturated carbocycles. The molecular formula is C15H16ClF2N3. The van der Waals surface area contributed by atoms with E-state index in [1.54, 1.807) is 6.92 Å². The van der Waals surface area contributed by atoms with Gasteiger partial charge in [0, 0.05) is 17.0 Å². The van der Waals surface area contributed by atoms with Gasteiger partial charge in [-0.3, -0.25) is 0 Å². The highest BCUT2D eigenvalue weighted by Gasteiger charge is 2.21. The van der Waals surface area contributed by atoms with Crippen molar-refractivity contribution in [2.75, 3.05) is 5.32 Å². The number of halogens is 3. The van der Waals surface area contributed by atoms with Crippen LogP contribution in [0.15, 0.2) is 18.2 Å². The first kappa shape index (κ1) is 15.6. The van der Waals surface area contributed by atoms with Crippen LogP contribution in [-0.4, -0.2) is 9.97 Å². The van der Waals surface area contributed by atoms with Gasteiger partial charge in [0.25, 0.3) is 0 Å². The van der Waals surface area contributed by atoms with Gasteiger partial charge in [0.1, 0.15) is 28.4 Å². The van der Waals surface area contributed by atoms with Gasteiger partial charge in [-0.2, -0.15) is 0 Å². The SMILES string of the molecule is Cc1c(Cl)nc(C(C)(C)C)nc1Nc1cc(F)ccc1F. The highest BCUT2D eigenvalue weighted by atomic mass is 35.5. The number of nitrogens with one attached hydrogen (secondary N) is 1. The smallest absolute Gasteiger partial charge is 0.146 e. The van der Waals surface area contributed by atoms with Crippen molar-refractivity contribution in [3.63, 3.8) is 0 Å². The molecule has 0 aliphatic carbocycles. The molecule has 0 unspecified atom stereocenters. The fraction of sp³-hybridized carbons (Fsp3) is 0.333. The minimum absolute atomic E-state index is 0.00715. The largest absolute Gasteiger partial charge is 0.337 e. The van der Waals surface area contributed by atoms with Gasteiger partial charge in [-0.15, -0.1) is 0 Å². The highest BCUT2D eigenvalue weighted by molar-refractivity contribution is 6.30. The van der Waals surface area contributed by atoms with Crippen molar-refractivity contribution < 1.29 is 8.78 Å². The number of hydrogen-bond donors (Lipinski definition) is 1. The maximum absolute atomic E-state index is 13.7. The van der Waals surface area contributed by atoms with Crippen molar-refractivity contribution in [3.05, 3.63) is 46.4 Å². The number of aromatic nitrogens is 2. The molecule has 0 aliphatic rings. The van der Waals surface area contributed by atoms with E-state index in [-0.39, 0.29) is 16.3 Å². The summed E-state index contributed by atoms with van der Waals surface area (Å²) in [6, 6.07) is 3.18. The second kappa shape index (κ2) is 5.56. The number of rotatable bonds is 2. The lowest BCUT2D eigenvalue weighted by atomic mass is 9.95. The number of nitrogens with zero attached hydrogens (tertiary/aromatic N) is 2. The van der Waals surface area contributed by atoms with E-state index in [9.17, 15) is 8.78 Å². The normalized spacial score (nSPS) is 11.6. The molecule has 2 aromatic rings. The quantitative estimate of drug-likeness (QED) is 0.813. The predicted molar refractivity (Wildman–Crippen MR) is 80.1 cm³/mol. The molecule has 112 valence electrons. The molecule has 3 nitrogen and oxygen atoms in total. The van der Waals surface area contributed by atoms with Crippen molar-refractivity contribution in [1.82, 2.24) is 9.97 Å². The Bertz CT molecular complexity index is 681. The number of anilines is 2. The van der Waals surface area contributed by atoms with Crippen molar-refractivity contribution in [2.45, 2.75) is 33.1 Å². The molecule has 0 aliphatic heterocycles. The van der Waals surface area contributed by atoms with Gasteiger partial charge in [-0.1, -0.05) is 32.4 Å². The first-order valence-corrected chi connectivity index (χ1v) is 6.83. The average Bonchev–Trinajstić information content (AvgIpc) is 2.37. The Labute approximate surface area is 127 Å². The van der Waals surface area contributed by atoms with Crippen LogP contribution in [0.3, 0.4) is 0 Å². The Morgan fingerprint density at radius 3 is 2.43 bits per heavy atom. The van der Waals surface area contributed by atoms with Crippen molar-refractivity contribution >= 4 is 23.1 Å². The fourth-order valence-electron chi connectivity index (χ4n) is 1.67. The van der Waals surface area contributed by atoms with Crippen LogP contribution in [0.2, 0.25) is 5.15 Å². The van der Waals surface area contributed by atoms with Crippen molar-refractivity contribution in [3.8, 4) is 0 Å². The molecule has 0 spiro atoms. The van der Waals surface area contributed by atoms with Crippen LogP contribution in [0.4, 0.5) is 20.3 Å². The van der Waals surface area contributed by atoms with E-state index in [1.807, 2.05) is 20.8 Å². The molecule has 1 heterocycles. The Balaban J connectivity index is 2.49. The molecule has 1 N–H and O–H groups in total. The summed E-state index contributed by atoms with van der Waals surface area (Å²) in [5.74, 6) is -0.211. The van der Waals surface area contributed by atoms with E-state index in [2.05, 4.69) is 15.3 Å². The van der Waals surface area contributed by atoms with Gasteiger partial charge in [0.2, 0.25) is 0 Å². The average molecular weight is 312 g/mol. The molecule has 1 aromatic heterocycles. The second-order valence-corrected chi connectivity index (χ2v) is 6.17. The molecule has 1 aromatic carbocycles. The Morgan fingerprint density at radius 1 is 1.14 bits per heavy atom. The summed E-state index contributed by atoms with van der Waals surface area (Å²) < 4.78 is 26.9. The van der Waals surface area contributed by atoms with Crippen LogP contribution in [0, 0.1) is 18.6 Å². The lowest BCUT2D eigenvalue weighted by Gasteiger charge is -2.19. The van der Waals surface area contributed by atoms with Crippen molar-refractivity contribution in [1.29, 1.82) is 0 Å². The summed E-state index contributed by atoms with van der Waals surface area (Å²) in [5, 5.41) is 3.07. The molecule has 0 amide bonds. The van der Waals surface area contributed by atoms with Gasteiger partial charge in [-0.05, 0) is 19.1 Å². The summed E-state index contributed by atoms with van der Waals surface area (Å²) in [6.45, 7) is 7.55. The topological polar surface area (TPSA) is 37.8 Å². The Morgan fingerprint density at radius 2 is 1.81 bits per heavy atom. The summed E-state index contributed by atoms with van der Waals surface area (Å²) in [6.07, 6.45) is 0. The standard InChI is InChI=1S/C15H16ClF2N3/c1-8-12(16)20-14(15(2,3)4)21-13(8)19-11-7-9(17)5-6-10(11)18/h5-7H,1-4H3,(H,19,20,21). The maximum atomic E-state index is 13.7. The zero-order valence-electron chi connectivity index (χ0n) is 12.3. The summed E-state index contributed by atoms with van der Waals surface area (Å²) in [5.41, 5.74) is 0.273. The fourth-order valence-corrected chi connectivity index (χ4v) is 1.84. The van der Waals surface area contributed by atoms with Crippen molar-refractivity contribution in [2.24, 2.45) is 0 Å². The Hall–Kier alpha value is -1.75. The van der Waals surface area contributed by atoms with Gasteiger partial charge >= 0.3 is 0 Å². The first-order valence-electron chi connectivity index (χ1n) is 6.45. The molecule has 21 heavy (non-hydrogen) atoms. The lowest BCUT2D eigenvalue weighted by molar-refractivity contribution is 0.545. The molecule has 2 rings (SSSR count). The molecule has 0 saturated heterocycles. The van der Waals surface area contributed by atoms with E-state index in [0.29, 0.717) is 17.2 Å². The van der Waals surface area contributed by atoms with E-state index < -0.39 is 11.6 Å². The van der Waals surface area contributed by atoms with Gasteiger partial charge < -0.3 is 5.32 Å². The number of benzene rings is 1. The molecule has 0 fully saturated rings. The maximum Gasteiger partial charge on any atom is 0.146 e. The third-order valence-electron chi connectivity index (χ3n) is 2.94. The zero-order valence-corrected chi connectivity index (χ0v) is 13.0.